The number of phenolic OH excluding ortho intramolecular Hbond substituents is 1. The number of rotatable bonds is 1. The molecule has 15 heavy (non-hydrogen) atoms. The molecule has 0 bridgehead atoms. The Morgan fingerprint density at radius 1 is 1.27 bits per heavy atom. The third kappa shape index (κ3) is 1.91. The average Bonchev–Trinajstić information content (AvgIpc) is 2.18. The topological polar surface area (TPSA) is 78.5 Å². The molecule has 1 saturated heterocycles. The Balaban J connectivity index is 2.35. The van der Waals surface area contributed by atoms with Gasteiger partial charge in [0.1, 0.15) is 5.75 Å². The highest BCUT2D eigenvalue weighted by atomic mass is 16.3. The van der Waals surface area contributed by atoms with Crippen LogP contribution < -0.4 is 11.1 Å². The Morgan fingerprint density at radius 3 is 2.53 bits per heavy atom. The lowest BCUT2D eigenvalue weighted by molar-refractivity contribution is 0.00664. The van der Waals surface area contributed by atoms with Gasteiger partial charge in [-0.2, -0.15) is 0 Å². The van der Waals surface area contributed by atoms with Crippen LogP contribution in [0.5, 0.6) is 5.75 Å². The number of nitrogens with one attached hydrogen (secondary N) is 1. The van der Waals surface area contributed by atoms with E-state index in [1.54, 1.807) is 12.1 Å². The van der Waals surface area contributed by atoms with Crippen LogP contribution in [-0.4, -0.2) is 23.3 Å². The van der Waals surface area contributed by atoms with Crippen LogP contribution in [-0.2, 0) is 5.60 Å². The summed E-state index contributed by atoms with van der Waals surface area (Å²) in [5.41, 5.74) is 6.13. The largest absolute Gasteiger partial charge is 0.508 e. The Bertz CT molecular complexity index is 360. The summed E-state index contributed by atoms with van der Waals surface area (Å²) < 4.78 is 0. The first-order chi connectivity index (χ1) is 7.12. The van der Waals surface area contributed by atoms with E-state index in [1.165, 1.54) is 6.07 Å². The van der Waals surface area contributed by atoms with Crippen molar-refractivity contribution in [1.82, 2.24) is 5.32 Å². The second-order valence-electron chi connectivity index (χ2n) is 4.05. The van der Waals surface area contributed by atoms with E-state index >= 15 is 0 Å². The molecule has 1 aromatic rings. The molecule has 0 atom stereocenters. The van der Waals surface area contributed by atoms with Crippen LogP contribution in [0.1, 0.15) is 18.4 Å². The fourth-order valence-electron chi connectivity index (χ4n) is 2.08. The number of aliphatic hydroxyl groups is 1. The van der Waals surface area contributed by atoms with Crippen LogP contribution in [0.15, 0.2) is 18.2 Å². The zero-order valence-corrected chi connectivity index (χ0v) is 8.53. The zero-order chi connectivity index (χ0) is 10.9. The van der Waals surface area contributed by atoms with Crippen LogP contribution in [0.3, 0.4) is 0 Å². The van der Waals surface area contributed by atoms with E-state index < -0.39 is 5.60 Å². The number of piperidine rings is 1. The fourth-order valence-corrected chi connectivity index (χ4v) is 2.08. The lowest BCUT2D eigenvalue weighted by Gasteiger charge is -2.33. The van der Waals surface area contributed by atoms with E-state index in [-0.39, 0.29) is 5.75 Å². The number of nitrogen functional groups attached to an aromatic ring is 1. The van der Waals surface area contributed by atoms with Gasteiger partial charge < -0.3 is 21.3 Å². The monoisotopic (exact) mass is 208 g/mol. The van der Waals surface area contributed by atoms with Gasteiger partial charge in [0.25, 0.3) is 0 Å². The van der Waals surface area contributed by atoms with Crippen molar-refractivity contribution in [3.05, 3.63) is 23.8 Å². The number of anilines is 1. The maximum Gasteiger partial charge on any atom is 0.117 e. The normalized spacial score (nSPS) is 20.1. The fraction of sp³-hybridized carbons (Fsp3) is 0.455. The third-order valence-electron chi connectivity index (χ3n) is 2.97. The van der Waals surface area contributed by atoms with Gasteiger partial charge in [0, 0.05) is 17.3 Å². The van der Waals surface area contributed by atoms with Gasteiger partial charge in [-0.05, 0) is 32.0 Å². The van der Waals surface area contributed by atoms with Gasteiger partial charge in [-0.1, -0.05) is 6.07 Å². The van der Waals surface area contributed by atoms with E-state index in [4.69, 9.17) is 5.73 Å². The molecule has 0 amide bonds. The van der Waals surface area contributed by atoms with Crippen LogP contribution in [0.25, 0.3) is 0 Å². The van der Waals surface area contributed by atoms with Gasteiger partial charge >= 0.3 is 0 Å². The summed E-state index contributed by atoms with van der Waals surface area (Å²) >= 11 is 0. The number of benzene rings is 1. The van der Waals surface area contributed by atoms with Gasteiger partial charge in [-0.3, -0.25) is 0 Å². The van der Waals surface area contributed by atoms with Crippen LogP contribution in [0.2, 0.25) is 0 Å². The van der Waals surface area contributed by atoms with Crippen LogP contribution in [0, 0.1) is 0 Å². The van der Waals surface area contributed by atoms with Gasteiger partial charge in [-0.25, -0.2) is 0 Å². The number of aromatic hydroxyl groups is 1. The highest BCUT2D eigenvalue weighted by Crippen LogP contribution is 2.35. The van der Waals surface area contributed by atoms with Crippen molar-refractivity contribution in [2.75, 3.05) is 18.8 Å². The van der Waals surface area contributed by atoms with Crippen molar-refractivity contribution in [1.29, 1.82) is 0 Å². The predicted octanol–water partition coefficient (Wildman–Crippen LogP) is 0.545. The Kier molecular flexibility index (Phi) is 2.54. The van der Waals surface area contributed by atoms with Crippen LogP contribution in [0.4, 0.5) is 5.69 Å². The van der Waals surface area contributed by atoms with Crippen molar-refractivity contribution in [2.45, 2.75) is 18.4 Å². The molecule has 4 nitrogen and oxygen atoms in total. The molecular weight excluding hydrogens is 192 g/mol. The molecule has 0 radical (unpaired) electrons. The molecule has 4 heteroatoms. The highest BCUT2D eigenvalue weighted by Gasteiger charge is 2.32. The Hall–Kier alpha value is -1.26. The summed E-state index contributed by atoms with van der Waals surface area (Å²) in [7, 11) is 0. The summed E-state index contributed by atoms with van der Waals surface area (Å²) in [6.07, 6.45) is 1.31. The molecule has 0 unspecified atom stereocenters. The van der Waals surface area contributed by atoms with Gasteiger partial charge in [0.15, 0.2) is 0 Å². The molecule has 5 N–H and O–H groups in total. The summed E-state index contributed by atoms with van der Waals surface area (Å²) in [6, 6.07) is 4.75. The maximum atomic E-state index is 10.4. The Labute approximate surface area is 88.7 Å². The van der Waals surface area contributed by atoms with E-state index in [2.05, 4.69) is 5.32 Å². The van der Waals surface area contributed by atoms with Crippen molar-refractivity contribution in [3.8, 4) is 5.75 Å². The molecule has 1 aromatic carbocycles. The second-order valence-corrected chi connectivity index (χ2v) is 4.05. The molecule has 82 valence electrons. The summed E-state index contributed by atoms with van der Waals surface area (Å²) in [5, 5.41) is 22.8. The smallest absolute Gasteiger partial charge is 0.117 e. The number of hydrogen-bond donors (Lipinski definition) is 4. The molecule has 0 spiro atoms. The first kappa shape index (κ1) is 10.3. The molecule has 1 aliphatic rings. The SMILES string of the molecule is Nc1cc(O)ccc1C1(O)CCNCC1. The van der Waals surface area contributed by atoms with E-state index in [1.807, 2.05) is 0 Å². The minimum Gasteiger partial charge on any atom is -0.508 e. The first-order valence-electron chi connectivity index (χ1n) is 5.14. The number of nitrogens with two attached hydrogens (primary N) is 1. The number of hydrogen-bond acceptors (Lipinski definition) is 4. The minimum atomic E-state index is -0.844. The van der Waals surface area contributed by atoms with E-state index in [0.717, 1.165) is 18.7 Å². The molecule has 0 saturated carbocycles. The quantitative estimate of drug-likeness (QED) is 0.508. The van der Waals surface area contributed by atoms with Crippen molar-refractivity contribution in [2.24, 2.45) is 0 Å². The molecule has 1 aliphatic heterocycles. The first-order valence-corrected chi connectivity index (χ1v) is 5.14. The average molecular weight is 208 g/mol. The predicted molar refractivity (Wildman–Crippen MR) is 58.5 cm³/mol. The molecule has 1 heterocycles. The highest BCUT2D eigenvalue weighted by molar-refractivity contribution is 5.53. The minimum absolute atomic E-state index is 0.133. The standard InChI is InChI=1S/C11H16N2O2/c12-10-7-8(14)1-2-9(10)11(15)3-5-13-6-4-11/h1-2,7,13-15H,3-6,12H2. The lowest BCUT2D eigenvalue weighted by Crippen LogP contribution is -2.40. The molecule has 2 rings (SSSR count). The second kappa shape index (κ2) is 3.72. The van der Waals surface area contributed by atoms with E-state index in [9.17, 15) is 10.2 Å². The lowest BCUT2D eigenvalue weighted by atomic mass is 9.84. The Morgan fingerprint density at radius 2 is 1.93 bits per heavy atom. The molecule has 1 fully saturated rings. The summed E-state index contributed by atoms with van der Waals surface area (Å²) in [5.74, 6) is 0.133. The summed E-state index contributed by atoms with van der Waals surface area (Å²) in [4.78, 5) is 0. The number of phenols is 1. The van der Waals surface area contributed by atoms with Crippen molar-refractivity contribution < 1.29 is 10.2 Å². The van der Waals surface area contributed by atoms with Gasteiger partial charge in [0.2, 0.25) is 0 Å². The van der Waals surface area contributed by atoms with Gasteiger partial charge in [0.05, 0.1) is 5.60 Å². The zero-order valence-electron chi connectivity index (χ0n) is 8.53. The molecule has 0 aromatic heterocycles. The van der Waals surface area contributed by atoms with Crippen molar-refractivity contribution >= 4 is 5.69 Å². The summed E-state index contributed by atoms with van der Waals surface area (Å²) in [6.45, 7) is 1.58. The maximum absolute atomic E-state index is 10.4. The van der Waals surface area contributed by atoms with E-state index in [0.29, 0.717) is 18.5 Å². The molecular formula is C11H16N2O2. The third-order valence-corrected chi connectivity index (χ3v) is 2.97. The van der Waals surface area contributed by atoms with Gasteiger partial charge in [-0.15, -0.1) is 0 Å². The molecule has 0 aliphatic carbocycles. The van der Waals surface area contributed by atoms with Crippen LogP contribution >= 0.6 is 0 Å². The van der Waals surface area contributed by atoms with Crippen molar-refractivity contribution in [3.63, 3.8) is 0 Å².